The van der Waals surface area contributed by atoms with Crippen LogP contribution in [0.3, 0.4) is 0 Å². The Hall–Kier alpha value is -1.63. The molecule has 0 saturated carbocycles. The molecule has 138 valence electrons. The Morgan fingerprint density at radius 1 is 1.33 bits per heavy atom. The zero-order valence-corrected chi connectivity index (χ0v) is 15.1. The number of hydrogen-bond donors (Lipinski definition) is 2. The molecule has 2 atom stereocenters. The second-order valence-electron chi connectivity index (χ2n) is 7.30. The van der Waals surface area contributed by atoms with Gasteiger partial charge in [-0.25, -0.2) is 10.3 Å². The maximum absolute atomic E-state index is 12.8. The highest BCUT2D eigenvalue weighted by Crippen LogP contribution is 2.26. The number of unbranched alkanes of at least 4 members (excludes halogenated alkanes) is 1. The molecule has 0 radical (unpaired) electrons. The summed E-state index contributed by atoms with van der Waals surface area (Å²) in [5.41, 5.74) is 0.977. The summed E-state index contributed by atoms with van der Waals surface area (Å²) in [6.45, 7) is 7.88. The molecule has 2 amide bonds. The van der Waals surface area contributed by atoms with E-state index in [1.165, 1.54) is 0 Å². The number of nitrogens with zero attached hydrogens (tertiary/aromatic N) is 1. The molecule has 1 rings (SSSR count). The second kappa shape index (κ2) is 9.01. The van der Waals surface area contributed by atoms with Gasteiger partial charge >= 0.3 is 5.97 Å². The normalized spacial score (nSPS) is 19.0. The highest BCUT2D eigenvalue weighted by atomic mass is 16.6. The smallest absolute Gasteiger partial charge is 0.329 e. The molecule has 7 heteroatoms. The molecule has 24 heavy (non-hydrogen) atoms. The van der Waals surface area contributed by atoms with Crippen LogP contribution in [0.5, 0.6) is 0 Å². The molecule has 0 aromatic heterocycles. The first-order valence-electron chi connectivity index (χ1n) is 8.66. The maximum Gasteiger partial charge on any atom is 0.329 e. The Kier molecular flexibility index (Phi) is 7.66. The third-order valence-corrected chi connectivity index (χ3v) is 4.03. The van der Waals surface area contributed by atoms with E-state index < -0.39 is 29.4 Å². The molecule has 2 N–H and O–H groups in total. The second-order valence-corrected chi connectivity index (χ2v) is 7.30. The predicted octanol–water partition coefficient (Wildman–Crippen LogP) is 2.02. The highest BCUT2D eigenvalue weighted by molar-refractivity contribution is 5.89. The molecule has 1 aliphatic rings. The number of esters is 1. The molecule has 0 bridgehead atoms. The molecule has 1 saturated heterocycles. The number of rotatable bonds is 7. The monoisotopic (exact) mass is 342 g/mol. The van der Waals surface area contributed by atoms with Gasteiger partial charge in [0.05, 0.1) is 0 Å². The molecule has 1 aliphatic heterocycles. The van der Waals surface area contributed by atoms with E-state index in [0.717, 1.165) is 19.3 Å². The number of carbonyl (C=O) groups is 3. The fourth-order valence-electron chi connectivity index (χ4n) is 2.91. The fraction of sp³-hybridized carbons (Fsp3) is 0.824. The van der Waals surface area contributed by atoms with Crippen LogP contribution in [0.4, 0.5) is 0 Å². The van der Waals surface area contributed by atoms with E-state index in [0.29, 0.717) is 19.4 Å². The van der Waals surface area contributed by atoms with E-state index in [2.05, 4.69) is 0 Å². The van der Waals surface area contributed by atoms with Crippen molar-refractivity contribution in [3.05, 3.63) is 0 Å². The van der Waals surface area contributed by atoms with Crippen molar-refractivity contribution in [1.29, 1.82) is 0 Å². The van der Waals surface area contributed by atoms with Crippen LogP contribution in [-0.4, -0.2) is 46.1 Å². The number of ether oxygens (including phenoxy) is 1. The number of amides is 2. The van der Waals surface area contributed by atoms with E-state index in [9.17, 15) is 14.4 Å². The largest absolute Gasteiger partial charge is 0.458 e. The van der Waals surface area contributed by atoms with Gasteiger partial charge in [-0.1, -0.05) is 19.8 Å². The van der Waals surface area contributed by atoms with Gasteiger partial charge in [0, 0.05) is 18.9 Å². The summed E-state index contributed by atoms with van der Waals surface area (Å²) in [4.78, 5) is 38.2. The lowest BCUT2D eigenvalue weighted by atomic mass is 9.96. The molecule has 7 nitrogen and oxygen atoms in total. The predicted molar refractivity (Wildman–Crippen MR) is 88.1 cm³/mol. The molecule has 0 aromatic rings. The first-order chi connectivity index (χ1) is 11.2. The molecule has 1 heterocycles. The summed E-state index contributed by atoms with van der Waals surface area (Å²) in [5, 5.41) is 8.73. The average Bonchev–Trinajstić information content (AvgIpc) is 2.98. The third-order valence-electron chi connectivity index (χ3n) is 4.03. The molecule has 1 fully saturated rings. The van der Waals surface area contributed by atoms with E-state index in [-0.39, 0.29) is 12.3 Å². The summed E-state index contributed by atoms with van der Waals surface area (Å²) in [6, 6.07) is -0.585. The summed E-state index contributed by atoms with van der Waals surface area (Å²) in [5.74, 6) is -1.72. The average molecular weight is 342 g/mol. The van der Waals surface area contributed by atoms with Crippen LogP contribution in [0.25, 0.3) is 0 Å². The van der Waals surface area contributed by atoms with E-state index in [1.54, 1.807) is 31.2 Å². The minimum atomic E-state index is -0.604. The van der Waals surface area contributed by atoms with Gasteiger partial charge in [-0.2, -0.15) is 0 Å². The molecule has 0 unspecified atom stereocenters. The lowest BCUT2D eigenvalue weighted by Gasteiger charge is -2.30. The Bertz CT molecular complexity index is 458. The van der Waals surface area contributed by atoms with Gasteiger partial charge in [0.25, 0.3) is 0 Å². The van der Waals surface area contributed by atoms with Gasteiger partial charge < -0.3 is 9.64 Å². The Morgan fingerprint density at radius 3 is 2.54 bits per heavy atom. The van der Waals surface area contributed by atoms with Crippen LogP contribution >= 0.6 is 0 Å². The Morgan fingerprint density at radius 2 is 2.00 bits per heavy atom. The van der Waals surface area contributed by atoms with Crippen LogP contribution in [0.15, 0.2) is 0 Å². The van der Waals surface area contributed by atoms with Crippen molar-refractivity contribution in [3.8, 4) is 0 Å². The van der Waals surface area contributed by atoms with Crippen LogP contribution in [0.1, 0.15) is 66.2 Å². The number of carbonyl (C=O) groups excluding carboxylic acids is 3. The standard InChI is InChI=1S/C17H30N2O5/c1-5-6-8-12(11-14(20)18-23)15(21)19-10-7-9-13(19)16(22)24-17(2,3)4/h12-13,23H,5-11H2,1-4H3,(H,18,20)/t12-,13+/m1/s1. The maximum atomic E-state index is 12.8. The van der Waals surface area contributed by atoms with Gasteiger partial charge in [-0.05, 0) is 40.0 Å². The van der Waals surface area contributed by atoms with Crippen molar-refractivity contribution in [3.63, 3.8) is 0 Å². The lowest BCUT2D eigenvalue weighted by molar-refractivity contribution is -0.164. The first kappa shape index (κ1) is 20.4. The van der Waals surface area contributed by atoms with Crippen molar-refractivity contribution >= 4 is 17.8 Å². The fourth-order valence-corrected chi connectivity index (χ4v) is 2.91. The van der Waals surface area contributed by atoms with Gasteiger partial charge in [0.2, 0.25) is 11.8 Å². The van der Waals surface area contributed by atoms with E-state index in [4.69, 9.17) is 9.94 Å². The van der Waals surface area contributed by atoms with Crippen molar-refractivity contribution < 1.29 is 24.3 Å². The van der Waals surface area contributed by atoms with Crippen molar-refractivity contribution in [2.45, 2.75) is 77.9 Å². The topological polar surface area (TPSA) is 95.9 Å². The van der Waals surface area contributed by atoms with Crippen molar-refractivity contribution in [2.24, 2.45) is 5.92 Å². The number of likely N-dealkylation sites (tertiary alicyclic amines) is 1. The van der Waals surface area contributed by atoms with Crippen LogP contribution in [0.2, 0.25) is 0 Å². The molecule has 0 aromatic carbocycles. The summed E-state index contributed by atoms with van der Waals surface area (Å²) >= 11 is 0. The molecular formula is C17H30N2O5. The van der Waals surface area contributed by atoms with Crippen molar-refractivity contribution in [1.82, 2.24) is 10.4 Å². The molecular weight excluding hydrogens is 312 g/mol. The minimum absolute atomic E-state index is 0.0765. The minimum Gasteiger partial charge on any atom is -0.458 e. The Balaban J connectivity index is 2.82. The zero-order chi connectivity index (χ0) is 18.3. The summed E-state index contributed by atoms with van der Waals surface area (Å²) < 4.78 is 5.41. The van der Waals surface area contributed by atoms with Crippen LogP contribution in [-0.2, 0) is 19.1 Å². The van der Waals surface area contributed by atoms with E-state index >= 15 is 0 Å². The number of hydroxylamine groups is 1. The quantitative estimate of drug-likeness (QED) is 0.419. The van der Waals surface area contributed by atoms with Crippen LogP contribution < -0.4 is 5.48 Å². The van der Waals surface area contributed by atoms with Crippen LogP contribution in [0, 0.1) is 5.92 Å². The summed E-state index contributed by atoms with van der Waals surface area (Å²) in [6.07, 6.45) is 3.50. The zero-order valence-electron chi connectivity index (χ0n) is 15.1. The van der Waals surface area contributed by atoms with Crippen molar-refractivity contribution in [2.75, 3.05) is 6.54 Å². The number of hydrogen-bond acceptors (Lipinski definition) is 5. The highest BCUT2D eigenvalue weighted by Gasteiger charge is 2.39. The Labute approximate surface area is 143 Å². The van der Waals surface area contributed by atoms with E-state index in [1.807, 2.05) is 6.92 Å². The molecule has 0 spiro atoms. The lowest BCUT2D eigenvalue weighted by Crippen LogP contribution is -2.46. The third kappa shape index (κ3) is 6.11. The van der Waals surface area contributed by atoms with Gasteiger partial charge in [-0.15, -0.1) is 0 Å². The number of nitrogens with one attached hydrogen (secondary N) is 1. The summed E-state index contributed by atoms with van der Waals surface area (Å²) in [7, 11) is 0. The molecule has 0 aliphatic carbocycles. The van der Waals surface area contributed by atoms with Gasteiger partial charge in [0.15, 0.2) is 0 Å². The SMILES string of the molecule is CCCC[C@H](CC(=O)NO)C(=O)N1CCC[C@H]1C(=O)OC(C)(C)C. The van der Waals surface area contributed by atoms with Gasteiger partial charge in [0.1, 0.15) is 11.6 Å². The van der Waals surface area contributed by atoms with Gasteiger partial charge in [-0.3, -0.25) is 14.8 Å². The first-order valence-corrected chi connectivity index (χ1v) is 8.66.